The Kier molecular flexibility index (Phi) is 5.80. The molecular formula is C24H25N3O4S. The number of methoxy groups -OCH3 is 1. The van der Waals surface area contributed by atoms with E-state index in [4.69, 9.17) is 4.74 Å². The first kappa shape index (κ1) is 21.7. The van der Waals surface area contributed by atoms with Crippen molar-refractivity contribution in [2.24, 2.45) is 0 Å². The molecule has 1 heterocycles. The molecule has 4 rings (SSSR count). The van der Waals surface area contributed by atoms with Crippen LogP contribution in [-0.4, -0.2) is 26.0 Å². The fourth-order valence-electron chi connectivity index (χ4n) is 3.86. The summed E-state index contributed by atoms with van der Waals surface area (Å²) in [5.74, 6) is 0.156. The van der Waals surface area contributed by atoms with Gasteiger partial charge in [0.1, 0.15) is 5.75 Å². The van der Waals surface area contributed by atoms with Gasteiger partial charge in [-0.15, -0.1) is 0 Å². The fraction of sp³-hybridized carbons (Fsp3) is 0.208. The maximum Gasteiger partial charge on any atom is 0.261 e. The number of nitrogens with zero attached hydrogens (tertiary/aromatic N) is 1. The molecule has 0 aliphatic carbocycles. The number of benzene rings is 3. The van der Waals surface area contributed by atoms with Crippen LogP contribution in [0.5, 0.6) is 5.75 Å². The van der Waals surface area contributed by atoms with Crippen molar-refractivity contribution in [3.63, 3.8) is 0 Å². The molecule has 0 saturated heterocycles. The third-order valence-corrected chi connectivity index (χ3v) is 6.80. The second-order valence-electron chi connectivity index (χ2n) is 7.36. The first-order chi connectivity index (χ1) is 15.4. The molecule has 7 nitrogen and oxygen atoms in total. The van der Waals surface area contributed by atoms with Crippen LogP contribution in [0.3, 0.4) is 0 Å². The van der Waals surface area contributed by atoms with E-state index < -0.39 is 10.0 Å². The van der Waals surface area contributed by atoms with Crippen LogP contribution in [0.25, 0.3) is 21.8 Å². The van der Waals surface area contributed by atoms with Crippen molar-refractivity contribution < 1.29 is 17.9 Å². The van der Waals surface area contributed by atoms with Gasteiger partial charge in [-0.1, -0.05) is 25.1 Å². The Bertz CT molecular complexity index is 1420. The molecule has 166 valence electrons. The van der Waals surface area contributed by atoms with E-state index in [0.29, 0.717) is 17.1 Å². The summed E-state index contributed by atoms with van der Waals surface area (Å²) in [4.78, 5) is 11.9. The van der Waals surface area contributed by atoms with E-state index in [1.807, 2.05) is 30.3 Å². The summed E-state index contributed by atoms with van der Waals surface area (Å²) in [6.07, 6.45) is 0.268. The number of hydrogen-bond donors (Lipinski definition) is 2. The molecule has 1 amide bonds. The number of para-hydroxylation sites is 1. The van der Waals surface area contributed by atoms with Crippen LogP contribution in [0.15, 0.2) is 65.6 Å². The highest BCUT2D eigenvalue weighted by Gasteiger charge is 2.19. The molecule has 0 fully saturated rings. The summed E-state index contributed by atoms with van der Waals surface area (Å²) in [6, 6.07) is 18.0. The molecule has 32 heavy (non-hydrogen) atoms. The molecule has 0 aliphatic rings. The zero-order valence-electron chi connectivity index (χ0n) is 18.2. The van der Waals surface area contributed by atoms with Crippen molar-refractivity contribution in [1.82, 2.24) is 4.57 Å². The largest absolute Gasteiger partial charge is 0.495 e. The van der Waals surface area contributed by atoms with Crippen molar-refractivity contribution in [3.05, 3.63) is 60.7 Å². The van der Waals surface area contributed by atoms with Crippen LogP contribution in [0, 0.1) is 0 Å². The van der Waals surface area contributed by atoms with Crippen molar-refractivity contribution in [2.75, 3.05) is 17.1 Å². The van der Waals surface area contributed by atoms with Gasteiger partial charge < -0.3 is 14.6 Å². The monoisotopic (exact) mass is 451 g/mol. The normalized spacial score (nSPS) is 11.6. The number of carbonyl (C=O) groups is 1. The lowest BCUT2D eigenvalue weighted by molar-refractivity contribution is -0.115. The zero-order chi connectivity index (χ0) is 22.9. The Morgan fingerprint density at radius 1 is 0.969 bits per heavy atom. The number of fused-ring (bicyclic) bond motifs is 3. The summed E-state index contributed by atoms with van der Waals surface area (Å²) in [6.45, 7) is 4.61. The molecule has 1 aromatic heterocycles. The van der Waals surface area contributed by atoms with Gasteiger partial charge in [0.05, 0.1) is 17.7 Å². The molecule has 8 heteroatoms. The number of rotatable bonds is 7. The predicted molar refractivity (Wildman–Crippen MR) is 128 cm³/mol. The lowest BCUT2D eigenvalue weighted by Gasteiger charge is -2.13. The Labute approximate surface area is 187 Å². The lowest BCUT2D eigenvalue weighted by atomic mass is 10.1. The van der Waals surface area contributed by atoms with Gasteiger partial charge in [0, 0.05) is 40.5 Å². The molecule has 0 spiro atoms. The molecular weight excluding hydrogens is 426 g/mol. The van der Waals surface area contributed by atoms with Crippen LogP contribution in [0.4, 0.5) is 11.4 Å². The topological polar surface area (TPSA) is 89.4 Å². The Hall–Kier alpha value is -3.52. The second kappa shape index (κ2) is 8.55. The Morgan fingerprint density at radius 2 is 1.72 bits per heavy atom. The number of sulfonamides is 1. The van der Waals surface area contributed by atoms with Gasteiger partial charge >= 0.3 is 0 Å². The number of amides is 1. The van der Waals surface area contributed by atoms with E-state index in [9.17, 15) is 13.2 Å². The smallest absolute Gasteiger partial charge is 0.261 e. The molecule has 0 atom stereocenters. The van der Waals surface area contributed by atoms with Gasteiger partial charge in [-0.2, -0.15) is 0 Å². The first-order valence-corrected chi connectivity index (χ1v) is 11.9. The average Bonchev–Trinajstić information content (AvgIpc) is 3.11. The summed E-state index contributed by atoms with van der Waals surface area (Å²) in [5, 5.41) is 4.73. The molecule has 3 aromatic carbocycles. The van der Waals surface area contributed by atoms with Gasteiger partial charge in [-0.3, -0.25) is 9.52 Å². The Balaban J connectivity index is 1.73. The number of nitrogens with one attached hydrogen (secondary N) is 2. The summed E-state index contributed by atoms with van der Waals surface area (Å²) >= 11 is 0. The average molecular weight is 452 g/mol. The fourth-order valence-corrected chi connectivity index (χ4v) is 4.94. The van der Waals surface area contributed by atoms with Crippen LogP contribution in [0.1, 0.15) is 20.3 Å². The van der Waals surface area contributed by atoms with Crippen molar-refractivity contribution in [3.8, 4) is 5.75 Å². The van der Waals surface area contributed by atoms with E-state index >= 15 is 0 Å². The molecule has 4 aromatic rings. The minimum atomic E-state index is -3.89. The molecule has 2 N–H and O–H groups in total. The third-order valence-electron chi connectivity index (χ3n) is 5.42. The summed E-state index contributed by atoms with van der Waals surface area (Å²) < 4.78 is 36.3. The quantitative estimate of drug-likeness (QED) is 0.415. The zero-order valence-corrected chi connectivity index (χ0v) is 19.0. The maximum atomic E-state index is 13.1. The van der Waals surface area contributed by atoms with Crippen molar-refractivity contribution in [1.29, 1.82) is 0 Å². The van der Waals surface area contributed by atoms with Crippen LogP contribution in [-0.2, 0) is 21.4 Å². The van der Waals surface area contributed by atoms with E-state index in [1.54, 1.807) is 13.0 Å². The highest BCUT2D eigenvalue weighted by molar-refractivity contribution is 7.92. The number of ether oxygens (including phenoxy) is 1. The number of aryl methyl sites for hydroxylation is 1. The van der Waals surface area contributed by atoms with E-state index in [2.05, 4.69) is 27.6 Å². The SMILES string of the molecule is CCC(=O)Nc1cc(S(=O)(=O)Nc2ccc3c(c2)c2ccccc2n3CC)ccc1OC. The molecule has 0 aliphatic heterocycles. The summed E-state index contributed by atoms with van der Waals surface area (Å²) in [7, 11) is -2.42. The molecule has 0 bridgehead atoms. The molecule has 0 saturated carbocycles. The molecule has 0 unspecified atom stereocenters. The number of carbonyl (C=O) groups excluding carboxylic acids is 1. The van der Waals surface area contributed by atoms with Gasteiger partial charge in [0.25, 0.3) is 10.0 Å². The van der Waals surface area contributed by atoms with E-state index in [-0.39, 0.29) is 17.2 Å². The van der Waals surface area contributed by atoms with Gasteiger partial charge in [0.15, 0.2) is 0 Å². The highest BCUT2D eigenvalue weighted by Crippen LogP contribution is 2.32. The van der Waals surface area contributed by atoms with Crippen LogP contribution < -0.4 is 14.8 Å². The van der Waals surface area contributed by atoms with E-state index in [0.717, 1.165) is 28.4 Å². The second-order valence-corrected chi connectivity index (χ2v) is 9.05. The number of hydrogen-bond acceptors (Lipinski definition) is 4. The number of aromatic nitrogens is 1. The number of anilines is 2. The van der Waals surface area contributed by atoms with Crippen molar-refractivity contribution in [2.45, 2.75) is 31.7 Å². The van der Waals surface area contributed by atoms with Gasteiger partial charge in [0.2, 0.25) is 5.91 Å². The molecule has 0 radical (unpaired) electrons. The van der Waals surface area contributed by atoms with Crippen molar-refractivity contribution >= 4 is 49.1 Å². The Morgan fingerprint density at radius 3 is 2.44 bits per heavy atom. The maximum absolute atomic E-state index is 13.1. The highest BCUT2D eigenvalue weighted by atomic mass is 32.2. The van der Waals surface area contributed by atoms with Crippen LogP contribution in [0.2, 0.25) is 0 Å². The standard InChI is InChI=1S/C24H25N3O4S/c1-4-24(28)25-20-15-17(11-13-23(20)31-3)32(29,30)26-16-10-12-22-19(14-16)18-8-6-7-9-21(18)27(22)5-2/h6-15,26H,4-5H2,1-3H3,(H,25,28). The van der Waals surface area contributed by atoms with E-state index in [1.165, 1.54) is 25.3 Å². The third kappa shape index (κ3) is 3.89. The summed E-state index contributed by atoms with van der Waals surface area (Å²) in [5.41, 5.74) is 2.93. The minimum absolute atomic E-state index is 0.0285. The minimum Gasteiger partial charge on any atom is -0.495 e. The van der Waals surface area contributed by atoms with Crippen LogP contribution >= 0.6 is 0 Å². The predicted octanol–water partition coefficient (Wildman–Crippen LogP) is 4.97. The lowest BCUT2D eigenvalue weighted by Crippen LogP contribution is -2.15. The van der Waals surface area contributed by atoms with Gasteiger partial charge in [-0.25, -0.2) is 8.42 Å². The first-order valence-electron chi connectivity index (χ1n) is 10.4. The van der Waals surface area contributed by atoms with Gasteiger partial charge in [-0.05, 0) is 49.4 Å².